The Morgan fingerprint density at radius 2 is 1.29 bits per heavy atom. The van der Waals surface area contributed by atoms with Crippen LogP contribution >= 0.6 is 0 Å². The lowest BCUT2D eigenvalue weighted by Crippen LogP contribution is -2.35. The van der Waals surface area contributed by atoms with Crippen LogP contribution in [-0.4, -0.2) is 17.7 Å². The molecular weight excluding hydrogens is 392 g/mol. The van der Waals surface area contributed by atoms with Crippen molar-refractivity contribution < 1.29 is 23.9 Å². The molecule has 5 heteroatoms. The van der Waals surface area contributed by atoms with Crippen LogP contribution in [0.15, 0.2) is 60.7 Å². The molecule has 3 rings (SSSR count). The summed E-state index contributed by atoms with van der Waals surface area (Å²) in [5.74, 6) is -2.60. The number of carbonyl (C=O) groups excluding carboxylic acids is 3. The average Bonchev–Trinajstić information content (AvgIpc) is 2.90. The van der Waals surface area contributed by atoms with Gasteiger partial charge in [-0.3, -0.25) is 14.4 Å². The molecule has 0 aromatic heterocycles. The molecule has 0 saturated heterocycles. The molecule has 0 aliphatic heterocycles. The maximum Gasteiger partial charge on any atom is 0.320 e. The Morgan fingerprint density at radius 1 is 0.774 bits per heavy atom. The van der Waals surface area contributed by atoms with Gasteiger partial charge in [0.05, 0.1) is 0 Å². The van der Waals surface area contributed by atoms with E-state index in [9.17, 15) is 14.4 Å². The molecule has 0 radical (unpaired) electrons. The van der Waals surface area contributed by atoms with Crippen LogP contribution in [0.1, 0.15) is 56.1 Å². The lowest BCUT2D eigenvalue weighted by Gasteiger charge is -2.24. The van der Waals surface area contributed by atoms with Crippen LogP contribution in [0.25, 0.3) is 0 Å². The van der Waals surface area contributed by atoms with Gasteiger partial charge in [-0.25, -0.2) is 0 Å². The van der Waals surface area contributed by atoms with Gasteiger partial charge in [0.25, 0.3) is 0 Å². The van der Waals surface area contributed by atoms with Crippen molar-refractivity contribution >= 4 is 17.7 Å². The number of hydrogen-bond acceptors (Lipinski definition) is 5. The lowest BCUT2D eigenvalue weighted by molar-refractivity contribution is -0.167. The van der Waals surface area contributed by atoms with E-state index in [4.69, 9.17) is 9.47 Å². The number of esters is 2. The van der Waals surface area contributed by atoms with Crippen LogP contribution in [0.4, 0.5) is 0 Å². The minimum absolute atomic E-state index is 0.0861. The van der Waals surface area contributed by atoms with E-state index >= 15 is 0 Å². The number of hydrogen-bond donors (Lipinski definition) is 0. The molecule has 5 nitrogen and oxygen atoms in total. The van der Waals surface area contributed by atoms with Crippen molar-refractivity contribution in [1.82, 2.24) is 0 Å². The first-order valence-electron chi connectivity index (χ1n) is 11.1. The Hall–Kier alpha value is -2.95. The van der Waals surface area contributed by atoms with Crippen molar-refractivity contribution in [2.45, 2.75) is 58.2 Å². The molecule has 164 valence electrons. The van der Waals surface area contributed by atoms with Gasteiger partial charge >= 0.3 is 11.9 Å². The summed E-state index contributed by atoms with van der Waals surface area (Å²) in [7, 11) is 0. The van der Waals surface area contributed by atoms with Gasteiger partial charge in [-0.15, -0.1) is 0 Å². The van der Waals surface area contributed by atoms with Gasteiger partial charge < -0.3 is 9.47 Å². The molecule has 0 amide bonds. The van der Waals surface area contributed by atoms with Crippen molar-refractivity contribution in [3.05, 3.63) is 71.8 Å². The quantitative estimate of drug-likeness (QED) is 0.463. The number of carbonyl (C=O) groups is 3. The zero-order valence-corrected chi connectivity index (χ0v) is 17.8. The van der Waals surface area contributed by atoms with Gasteiger partial charge in [0.15, 0.2) is 5.92 Å². The highest BCUT2D eigenvalue weighted by molar-refractivity contribution is 5.96. The number of Topliss-reactive ketones (excluding diaryl/α,β-unsaturated/α-hetero) is 1. The van der Waals surface area contributed by atoms with Crippen molar-refractivity contribution in [1.29, 1.82) is 0 Å². The third-order valence-corrected chi connectivity index (χ3v) is 5.70. The Kier molecular flexibility index (Phi) is 8.83. The Bertz CT molecular complexity index is 791. The molecule has 0 unspecified atom stereocenters. The molecule has 1 aliphatic carbocycles. The molecule has 1 saturated carbocycles. The molecule has 1 atom stereocenters. The molecule has 2 aromatic rings. The normalized spacial score (nSPS) is 17.3. The van der Waals surface area contributed by atoms with E-state index in [0.717, 1.165) is 36.8 Å². The van der Waals surface area contributed by atoms with E-state index < -0.39 is 23.8 Å². The topological polar surface area (TPSA) is 69.7 Å². The maximum atomic E-state index is 13.0. The first-order valence-corrected chi connectivity index (χ1v) is 11.1. The van der Waals surface area contributed by atoms with Crippen molar-refractivity contribution in [2.75, 3.05) is 0 Å². The highest BCUT2D eigenvalue weighted by Crippen LogP contribution is 2.29. The molecular formula is C26H30O5. The van der Waals surface area contributed by atoms with Gasteiger partial charge in [-0.05, 0) is 29.9 Å². The van der Waals surface area contributed by atoms with E-state index in [1.165, 1.54) is 0 Å². The van der Waals surface area contributed by atoms with Crippen LogP contribution in [0.2, 0.25) is 0 Å². The van der Waals surface area contributed by atoms with Gasteiger partial charge in [-0.1, -0.05) is 79.9 Å². The molecule has 1 aliphatic rings. The molecule has 1 fully saturated rings. The van der Waals surface area contributed by atoms with Gasteiger partial charge in [0.1, 0.15) is 19.0 Å². The SMILES string of the molecule is O=C1CCCCCC[C@@H](C(C(=O)OCc2ccccc2)C(=O)OCc2ccccc2)C1. The van der Waals surface area contributed by atoms with Gasteiger partial charge in [-0.2, -0.15) is 0 Å². The maximum absolute atomic E-state index is 13.0. The minimum atomic E-state index is -1.09. The highest BCUT2D eigenvalue weighted by atomic mass is 16.6. The van der Waals surface area contributed by atoms with Crippen LogP contribution < -0.4 is 0 Å². The van der Waals surface area contributed by atoms with Crippen LogP contribution in [0, 0.1) is 11.8 Å². The summed E-state index contributed by atoms with van der Waals surface area (Å²) < 4.78 is 11.0. The summed E-state index contributed by atoms with van der Waals surface area (Å²) in [5, 5.41) is 0. The summed E-state index contributed by atoms with van der Waals surface area (Å²) in [4.78, 5) is 38.5. The zero-order chi connectivity index (χ0) is 21.9. The number of rotatable bonds is 7. The number of ether oxygens (including phenoxy) is 2. The third kappa shape index (κ3) is 7.35. The number of benzene rings is 2. The minimum Gasteiger partial charge on any atom is -0.460 e. The molecule has 0 bridgehead atoms. The van der Waals surface area contributed by atoms with Crippen LogP contribution in [0.3, 0.4) is 0 Å². The molecule has 0 spiro atoms. The second-order valence-corrected chi connectivity index (χ2v) is 8.12. The van der Waals surface area contributed by atoms with Crippen LogP contribution in [0.5, 0.6) is 0 Å². The summed E-state index contributed by atoms with van der Waals surface area (Å²) in [6.07, 6.45) is 5.10. The summed E-state index contributed by atoms with van der Waals surface area (Å²) in [6.45, 7) is 0.172. The standard InChI is InChI=1S/C26H30O5/c27-23-16-10-2-1-9-15-22(17-23)24(25(28)30-18-20-11-5-3-6-12-20)26(29)31-19-21-13-7-4-8-14-21/h3-8,11-14,22,24H,1-2,9-10,15-19H2/t22-/m1/s1. The van der Waals surface area contributed by atoms with E-state index in [0.29, 0.717) is 12.8 Å². The predicted octanol–water partition coefficient (Wildman–Crippen LogP) is 5.02. The fourth-order valence-corrected chi connectivity index (χ4v) is 3.98. The molecule has 31 heavy (non-hydrogen) atoms. The Labute approximate surface area is 183 Å². The summed E-state index contributed by atoms with van der Waals surface area (Å²) in [5.41, 5.74) is 1.69. The third-order valence-electron chi connectivity index (χ3n) is 5.70. The van der Waals surface area contributed by atoms with Crippen molar-refractivity contribution in [3.63, 3.8) is 0 Å². The largest absolute Gasteiger partial charge is 0.460 e. The Morgan fingerprint density at radius 3 is 1.84 bits per heavy atom. The second kappa shape index (κ2) is 12.0. The second-order valence-electron chi connectivity index (χ2n) is 8.12. The smallest absolute Gasteiger partial charge is 0.320 e. The van der Waals surface area contributed by atoms with Gasteiger partial charge in [0, 0.05) is 12.8 Å². The fourth-order valence-electron chi connectivity index (χ4n) is 3.98. The molecule has 2 aromatic carbocycles. The highest BCUT2D eigenvalue weighted by Gasteiger charge is 2.38. The average molecular weight is 423 g/mol. The van der Waals surface area contributed by atoms with E-state index in [1.807, 2.05) is 60.7 Å². The van der Waals surface area contributed by atoms with Crippen LogP contribution in [-0.2, 0) is 37.1 Å². The monoisotopic (exact) mass is 422 g/mol. The predicted molar refractivity (Wildman–Crippen MR) is 117 cm³/mol. The van der Waals surface area contributed by atoms with Crippen molar-refractivity contribution in [2.24, 2.45) is 11.8 Å². The molecule has 0 N–H and O–H groups in total. The van der Waals surface area contributed by atoms with Gasteiger partial charge in [0.2, 0.25) is 0 Å². The zero-order valence-electron chi connectivity index (χ0n) is 17.8. The first-order chi connectivity index (χ1) is 15.1. The summed E-state index contributed by atoms with van der Waals surface area (Å²) >= 11 is 0. The molecule has 0 heterocycles. The lowest BCUT2D eigenvalue weighted by atomic mass is 9.84. The van der Waals surface area contributed by atoms with E-state index in [-0.39, 0.29) is 25.4 Å². The fraction of sp³-hybridized carbons (Fsp3) is 0.423. The first kappa shape index (κ1) is 22.7. The Balaban J connectivity index is 1.73. The van der Waals surface area contributed by atoms with E-state index in [1.54, 1.807) is 0 Å². The number of ketones is 1. The van der Waals surface area contributed by atoms with Crippen molar-refractivity contribution in [3.8, 4) is 0 Å². The van der Waals surface area contributed by atoms with E-state index in [2.05, 4.69) is 0 Å². The summed E-state index contributed by atoms with van der Waals surface area (Å²) in [6, 6.07) is 18.7.